The summed E-state index contributed by atoms with van der Waals surface area (Å²) >= 11 is 0. The molecule has 1 aliphatic rings. The van der Waals surface area contributed by atoms with E-state index in [4.69, 9.17) is 16.3 Å². The molecule has 1 aliphatic heterocycles. The molecule has 12 nitrogen and oxygen atoms in total. The van der Waals surface area contributed by atoms with Crippen molar-refractivity contribution in [2.75, 3.05) is 33.3 Å². The number of hydrogen-bond donors (Lipinski definition) is 5. The van der Waals surface area contributed by atoms with Crippen molar-refractivity contribution >= 4 is 12.0 Å². The summed E-state index contributed by atoms with van der Waals surface area (Å²) < 4.78 is 45.7. The second kappa shape index (κ2) is 14.0. The molecule has 0 atom stereocenters. The quantitative estimate of drug-likeness (QED) is 0.109. The number of alkyl carbamates (subject to hydrolysis) is 1. The van der Waals surface area contributed by atoms with Gasteiger partial charge >= 0.3 is 12.5 Å². The van der Waals surface area contributed by atoms with E-state index in [-0.39, 0.29) is 18.0 Å². The van der Waals surface area contributed by atoms with E-state index in [1.54, 1.807) is 18.1 Å². The highest BCUT2D eigenvalue weighted by Crippen LogP contribution is 2.23. The lowest BCUT2D eigenvalue weighted by molar-refractivity contribution is -0.274. The number of alkyl halides is 3. The van der Waals surface area contributed by atoms with E-state index in [1.165, 1.54) is 23.3 Å². The van der Waals surface area contributed by atoms with Gasteiger partial charge in [0.05, 0.1) is 18.8 Å². The van der Waals surface area contributed by atoms with E-state index >= 15 is 0 Å². The number of ether oxygens (including phenoxy) is 2. The Kier molecular flexibility index (Phi) is 11.1. The van der Waals surface area contributed by atoms with Crippen LogP contribution in [-0.2, 0) is 16.1 Å². The van der Waals surface area contributed by atoms with Gasteiger partial charge in [0.2, 0.25) is 0 Å². The van der Waals surface area contributed by atoms with Crippen LogP contribution >= 0.6 is 0 Å². The summed E-state index contributed by atoms with van der Waals surface area (Å²) in [5.74, 6) is 4.91. The molecule has 37 heavy (non-hydrogen) atoms. The highest BCUT2D eigenvalue weighted by Gasteiger charge is 2.31. The van der Waals surface area contributed by atoms with E-state index in [1.807, 2.05) is 18.3 Å². The van der Waals surface area contributed by atoms with Crippen molar-refractivity contribution in [2.24, 2.45) is 11.6 Å². The monoisotopic (exact) mass is 530 g/mol. The summed E-state index contributed by atoms with van der Waals surface area (Å²) in [7, 11) is 1.84. The van der Waals surface area contributed by atoms with Gasteiger partial charge in [0.15, 0.2) is 0 Å². The van der Waals surface area contributed by atoms with Gasteiger partial charge in [0.1, 0.15) is 11.4 Å². The number of carbonyl (C=O) groups excluding carboxylic acids is 2. The van der Waals surface area contributed by atoms with Crippen molar-refractivity contribution in [2.45, 2.75) is 32.7 Å². The smallest absolute Gasteiger partial charge is 0.450 e. The van der Waals surface area contributed by atoms with Crippen LogP contribution in [-0.4, -0.2) is 66.8 Å². The molecule has 15 heteroatoms. The van der Waals surface area contributed by atoms with Gasteiger partial charge in [-0.2, -0.15) is 0 Å². The first kappa shape index (κ1) is 29.4. The van der Waals surface area contributed by atoms with Gasteiger partial charge in [-0.15, -0.1) is 18.3 Å². The van der Waals surface area contributed by atoms with E-state index in [0.717, 1.165) is 18.2 Å². The molecular weight excluding hydrogens is 497 g/mol. The Hall–Kier alpha value is -3.85. The molecule has 0 spiro atoms. The molecule has 0 saturated heterocycles. The average Bonchev–Trinajstić information content (AvgIpc) is 3.17. The number of nitrogens with two attached hydrogens (primary N) is 2. The van der Waals surface area contributed by atoms with Gasteiger partial charge in [-0.1, -0.05) is 12.1 Å². The molecule has 1 heterocycles. The fourth-order valence-electron chi connectivity index (χ4n) is 3.22. The second-order valence-corrected chi connectivity index (χ2v) is 7.93. The predicted molar refractivity (Wildman–Crippen MR) is 128 cm³/mol. The molecule has 1 aromatic carbocycles. The van der Waals surface area contributed by atoms with Crippen LogP contribution in [0.3, 0.4) is 0 Å². The number of carbonyl (C=O) groups is 2. The Balaban J connectivity index is 1.70. The minimum atomic E-state index is -4.80. The SMILES string of the molecule is CCOC(=O)NCC1=CN(CCCCN(N)/C=C(\N)C(=O)NCc2cccc(OC(F)(F)F)c2)N(C)N1. The molecule has 0 unspecified atom stereocenters. The number of unbranched alkanes of at least 4 members (excludes halogenated alkanes) is 1. The summed E-state index contributed by atoms with van der Waals surface area (Å²) in [5, 5.41) is 10.2. The van der Waals surface area contributed by atoms with Gasteiger partial charge in [-0.25, -0.2) is 10.6 Å². The molecule has 2 amide bonds. The first-order valence-electron chi connectivity index (χ1n) is 11.5. The van der Waals surface area contributed by atoms with Crippen molar-refractivity contribution < 1.29 is 32.2 Å². The van der Waals surface area contributed by atoms with Crippen LogP contribution in [0.1, 0.15) is 25.3 Å². The maximum absolute atomic E-state index is 12.4. The number of nitrogens with one attached hydrogen (secondary N) is 3. The van der Waals surface area contributed by atoms with Crippen LogP contribution in [0.4, 0.5) is 18.0 Å². The fourth-order valence-corrected chi connectivity index (χ4v) is 3.22. The van der Waals surface area contributed by atoms with E-state index in [2.05, 4.69) is 20.8 Å². The molecule has 0 aromatic heterocycles. The number of nitrogens with zero attached hydrogens (tertiary/aromatic N) is 3. The third-order valence-corrected chi connectivity index (χ3v) is 4.90. The summed E-state index contributed by atoms with van der Waals surface area (Å²) in [5.41, 5.74) is 9.96. The predicted octanol–water partition coefficient (Wildman–Crippen LogP) is 1.21. The molecule has 0 radical (unpaired) electrons. The first-order valence-corrected chi connectivity index (χ1v) is 11.5. The van der Waals surface area contributed by atoms with Crippen LogP contribution in [0.2, 0.25) is 0 Å². The molecule has 0 aliphatic carbocycles. The molecule has 0 saturated carbocycles. The molecule has 0 bridgehead atoms. The van der Waals surface area contributed by atoms with Crippen molar-refractivity contribution in [3.63, 3.8) is 0 Å². The minimum absolute atomic E-state index is 0.0464. The van der Waals surface area contributed by atoms with Crippen LogP contribution in [0.15, 0.2) is 48.1 Å². The van der Waals surface area contributed by atoms with Crippen molar-refractivity contribution in [3.8, 4) is 5.75 Å². The number of amides is 2. The topological polar surface area (TPSA) is 150 Å². The fraction of sp³-hybridized carbons (Fsp3) is 0.455. The molecule has 1 aromatic rings. The van der Waals surface area contributed by atoms with Gasteiger partial charge in [-0.3, -0.25) is 9.80 Å². The van der Waals surface area contributed by atoms with E-state index in [9.17, 15) is 22.8 Å². The van der Waals surface area contributed by atoms with Gasteiger partial charge < -0.3 is 36.3 Å². The Morgan fingerprint density at radius 3 is 2.68 bits per heavy atom. The Morgan fingerprint density at radius 2 is 1.97 bits per heavy atom. The lowest BCUT2D eigenvalue weighted by atomic mass is 10.2. The Morgan fingerprint density at radius 1 is 1.22 bits per heavy atom. The van der Waals surface area contributed by atoms with Crippen LogP contribution in [0.25, 0.3) is 0 Å². The Labute approximate surface area is 212 Å². The molecule has 7 N–H and O–H groups in total. The van der Waals surface area contributed by atoms with Crippen LogP contribution in [0, 0.1) is 0 Å². The van der Waals surface area contributed by atoms with E-state index < -0.39 is 18.4 Å². The van der Waals surface area contributed by atoms with E-state index in [0.29, 0.717) is 38.2 Å². The highest BCUT2D eigenvalue weighted by molar-refractivity contribution is 5.92. The lowest BCUT2D eigenvalue weighted by Crippen LogP contribution is -2.40. The Bertz CT molecular complexity index is 973. The van der Waals surface area contributed by atoms with Crippen molar-refractivity contribution in [1.29, 1.82) is 0 Å². The first-order chi connectivity index (χ1) is 17.5. The van der Waals surface area contributed by atoms with Gasteiger partial charge in [0.25, 0.3) is 5.91 Å². The third kappa shape index (κ3) is 11.2. The third-order valence-electron chi connectivity index (χ3n) is 4.90. The number of hydrogen-bond acceptors (Lipinski definition) is 10. The molecule has 206 valence electrons. The summed E-state index contributed by atoms with van der Waals surface area (Å²) in [6.45, 7) is 3.39. The molecule has 0 fully saturated rings. The molecular formula is C22H33F3N8O4. The number of halogens is 3. The largest absolute Gasteiger partial charge is 0.573 e. The van der Waals surface area contributed by atoms with Crippen molar-refractivity contribution in [1.82, 2.24) is 31.2 Å². The lowest BCUT2D eigenvalue weighted by Gasteiger charge is -2.25. The minimum Gasteiger partial charge on any atom is -0.450 e. The zero-order valence-electron chi connectivity index (χ0n) is 20.7. The summed E-state index contributed by atoms with van der Waals surface area (Å²) in [6, 6.07) is 5.26. The maximum Gasteiger partial charge on any atom is 0.573 e. The number of rotatable bonds is 13. The summed E-state index contributed by atoms with van der Waals surface area (Å²) in [4.78, 5) is 23.6. The van der Waals surface area contributed by atoms with Gasteiger partial charge in [0, 0.05) is 39.1 Å². The maximum atomic E-state index is 12.4. The normalized spacial score (nSPS) is 14.1. The standard InChI is InChI=1S/C22H33F3N8O4/c1-3-36-21(35)29-13-17-14-33(31(2)30-17)10-5-4-9-32(27)15-19(26)20(34)28-12-16-7-6-8-18(11-16)37-22(23,24)25/h6-8,11,14-15,30H,3-5,9-10,12-13,26-27H2,1-2H3,(H,28,34)(H,29,35)/b19-15-. The van der Waals surface area contributed by atoms with Crippen LogP contribution in [0.5, 0.6) is 5.75 Å². The zero-order chi connectivity index (χ0) is 27.4. The summed E-state index contributed by atoms with van der Waals surface area (Å²) in [6.07, 6.45) is -0.655. The van der Waals surface area contributed by atoms with Crippen molar-refractivity contribution in [3.05, 3.63) is 53.6 Å². The number of benzene rings is 1. The second-order valence-electron chi connectivity index (χ2n) is 7.93. The van der Waals surface area contributed by atoms with Crippen LogP contribution < -0.4 is 32.4 Å². The highest BCUT2D eigenvalue weighted by atomic mass is 19.4. The number of hydrazine groups is 3. The van der Waals surface area contributed by atoms with Gasteiger partial charge in [-0.05, 0) is 37.5 Å². The molecule has 2 rings (SSSR count). The zero-order valence-corrected chi connectivity index (χ0v) is 20.7. The average molecular weight is 531 g/mol.